The third-order valence-electron chi connectivity index (χ3n) is 1.38. The van der Waals surface area contributed by atoms with E-state index >= 15 is 0 Å². The van der Waals surface area contributed by atoms with Crippen LogP contribution in [0.1, 0.15) is 0 Å². The molecule has 0 atom stereocenters. The largest absolute Gasteiger partial charge is 0.366 e. The topological polar surface area (TPSA) is 73.6 Å². The molecular weight excluding hydrogens is 172 g/mol. The molecule has 0 aromatic heterocycles. The number of carbonyl (C=O) groups is 1. The Hall–Kier alpha value is -0.910. The fraction of sp³-hybridized carbons (Fsp3) is 0.625. The first-order valence-corrected chi connectivity index (χ1v) is 3.93. The maximum Gasteiger partial charge on any atom is 0.241 e. The van der Waals surface area contributed by atoms with Crippen molar-refractivity contribution in [1.82, 2.24) is 5.32 Å². The Morgan fingerprint density at radius 3 is 2.62 bits per heavy atom. The molecule has 0 aliphatic rings. The van der Waals surface area contributed by atoms with Crippen LogP contribution in [0.4, 0.5) is 0 Å². The van der Waals surface area contributed by atoms with Crippen molar-refractivity contribution in [1.29, 1.82) is 0 Å². The Labute approximate surface area is 77.9 Å². The first-order valence-electron chi connectivity index (χ1n) is 3.93. The lowest BCUT2D eigenvalue weighted by Crippen LogP contribution is -2.29. The van der Waals surface area contributed by atoms with Gasteiger partial charge in [-0.1, -0.05) is 6.08 Å². The molecule has 5 heteroatoms. The van der Waals surface area contributed by atoms with Gasteiger partial charge in [0.25, 0.3) is 0 Å². The van der Waals surface area contributed by atoms with Gasteiger partial charge in [0.05, 0.1) is 0 Å². The maximum absolute atomic E-state index is 10.3. The summed E-state index contributed by atoms with van der Waals surface area (Å²) < 4.78 is 9.85. The van der Waals surface area contributed by atoms with Gasteiger partial charge in [-0.15, -0.1) is 0 Å². The lowest BCUT2D eigenvalue weighted by Gasteiger charge is -2.12. The molecule has 0 aliphatic carbocycles. The summed E-state index contributed by atoms with van der Waals surface area (Å²) in [6.45, 7) is 1.13. The van der Waals surface area contributed by atoms with Crippen LogP contribution in [0.25, 0.3) is 0 Å². The van der Waals surface area contributed by atoms with Crippen LogP contribution < -0.4 is 11.1 Å². The van der Waals surface area contributed by atoms with Gasteiger partial charge < -0.3 is 20.5 Å². The predicted octanol–water partition coefficient (Wildman–Crippen LogP) is -0.764. The summed E-state index contributed by atoms with van der Waals surface area (Å²) in [7, 11) is 3.13. The molecule has 3 N–H and O–H groups in total. The van der Waals surface area contributed by atoms with E-state index in [2.05, 4.69) is 5.32 Å². The van der Waals surface area contributed by atoms with Crippen LogP contribution in [-0.2, 0) is 14.3 Å². The first kappa shape index (κ1) is 12.1. The molecule has 0 rings (SSSR count). The molecule has 0 unspecified atom stereocenters. The highest BCUT2D eigenvalue weighted by Crippen LogP contribution is 1.86. The minimum atomic E-state index is -0.447. The van der Waals surface area contributed by atoms with E-state index in [1.54, 1.807) is 20.3 Å². The first-order chi connectivity index (χ1) is 6.20. The van der Waals surface area contributed by atoms with Crippen molar-refractivity contribution in [2.24, 2.45) is 5.73 Å². The Morgan fingerprint density at radius 1 is 1.54 bits per heavy atom. The number of rotatable bonds is 7. The van der Waals surface area contributed by atoms with Crippen molar-refractivity contribution in [3.63, 3.8) is 0 Å². The molecule has 0 spiro atoms. The summed E-state index contributed by atoms with van der Waals surface area (Å²) in [6.07, 6.45) is 2.69. The zero-order chi connectivity index (χ0) is 10.1. The van der Waals surface area contributed by atoms with Gasteiger partial charge in [0.1, 0.15) is 0 Å². The molecule has 13 heavy (non-hydrogen) atoms. The van der Waals surface area contributed by atoms with E-state index in [0.717, 1.165) is 0 Å². The quantitative estimate of drug-likeness (QED) is 0.313. The average Bonchev–Trinajstić information content (AvgIpc) is 2.11. The molecule has 5 nitrogen and oxygen atoms in total. The molecule has 0 aromatic carbocycles. The van der Waals surface area contributed by atoms with Crippen molar-refractivity contribution in [2.75, 3.05) is 27.3 Å². The zero-order valence-corrected chi connectivity index (χ0v) is 7.95. The van der Waals surface area contributed by atoms with Gasteiger partial charge in [-0.3, -0.25) is 4.79 Å². The van der Waals surface area contributed by atoms with E-state index in [1.165, 1.54) is 6.08 Å². The number of amides is 1. The molecule has 0 saturated heterocycles. The summed E-state index contributed by atoms with van der Waals surface area (Å²) >= 11 is 0. The highest BCUT2D eigenvalue weighted by molar-refractivity contribution is 5.85. The van der Waals surface area contributed by atoms with Crippen LogP contribution in [0.3, 0.4) is 0 Å². The summed E-state index contributed by atoms with van der Waals surface area (Å²) in [5.74, 6) is -0.447. The normalized spacial score (nSPS) is 11.3. The smallest absolute Gasteiger partial charge is 0.241 e. The molecule has 0 saturated carbocycles. The van der Waals surface area contributed by atoms with E-state index in [0.29, 0.717) is 13.1 Å². The molecule has 0 heterocycles. The molecule has 0 bridgehead atoms. The van der Waals surface area contributed by atoms with Crippen LogP contribution in [-0.4, -0.2) is 39.5 Å². The zero-order valence-electron chi connectivity index (χ0n) is 7.95. The summed E-state index contributed by atoms with van der Waals surface area (Å²) in [4.78, 5) is 10.3. The maximum atomic E-state index is 10.3. The fourth-order valence-corrected chi connectivity index (χ4v) is 0.722. The van der Waals surface area contributed by atoms with Gasteiger partial charge in [-0.2, -0.15) is 0 Å². The van der Waals surface area contributed by atoms with Gasteiger partial charge in [0, 0.05) is 27.3 Å². The monoisotopic (exact) mass is 188 g/mol. The summed E-state index contributed by atoms with van der Waals surface area (Å²) in [6, 6.07) is 0. The highest BCUT2D eigenvalue weighted by Gasteiger charge is 2.01. The molecule has 0 aromatic rings. The van der Waals surface area contributed by atoms with Crippen molar-refractivity contribution in [3.05, 3.63) is 12.2 Å². The third-order valence-corrected chi connectivity index (χ3v) is 1.38. The SMILES string of the molecule is COC(CNCC=CC(N)=O)OC. The van der Waals surface area contributed by atoms with Crippen molar-refractivity contribution < 1.29 is 14.3 Å². The van der Waals surface area contributed by atoms with Gasteiger partial charge in [-0.05, 0) is 6.08 Å². The van der Waals surface area contributed by atoms with E-state index in [-0.39, 0.29) is 6.29 Å². The Kier molecular flexibility index (Phi) is 7.18. The molecular formula is C8H16N2O3. The van der Waals surface area contributed by atoms with Gasteiger partial charge in [0.2, 0.25) is 5.91 Å². The minimum absolute atomic E-state index is 0.262. The predicted molar refractivity (Wildman–Crippen MR) is 49.0 cm³/mol. The van der Waals surface area contributed by atoms with Crippen molar-refractivity contribution in [3.8, 4) is 0 Å². The Balaban J connectivity index is 3.39. The number of hydrogen-bond acceptors (Lipinski definition) is 4. The number of nitrogens with one attached hydrogen (secondary N) is 1. The Bertz CT molecular complexity index is 167. The number of hydrogen-bond donors (Lipinski definition) is 2. The second-order valence-corrected chi connectivity index (χ2v) is 2.36. The van der Waals surface area contributed by atoms with Crippen LogP contribution in [0.15, 0.2) is 12.2 Å². The summed E-state index contributed by atoms with van der Waals surface area (Å²) in [5.41, 5.74) is 4.88. The standard InChI is InChI=1S/C8H16N2O3/c1-12-8(13-2)6-10-5-3-4-7(9)11/h3-4,8,10H,5-6H2,1-2H3,(H2,9,11). The fourth-order valence-electron chi connectivity index (χ4n) is 0.722. The van der Waals surface area contributed by atoms with Crippen molar-refractivity contribution in [2.45, 2.75) is 6.29 Å². The minimum Gasteiger partial charge on any atom is -0.366 e. The highest BCUT2D eigenvalue weighted by atomic mass is 16.7. The Morgan fingerprint density at radius 2 is 2.15 bits per heavy atom. The molecule has 76 valence electrons. The molecule has 1 amide bonds. The number of methoxy groups -OCH3 is 2. The van der Waals surface area contributed by atoms with E-state index < -0.39 is 5.91 Å². The van der Waals surface area contributed by atoms with E-state index in [9.17, 15) is 4.79 Å². The van der Waals surface area contributed by atoms with Crippen molar-refractivity contribution >= 4 is 5.91 Å². The van der Waals surface area contributed by atoms with E-state index in [1.807, 2.05) is 0 Å². The molecule has 0 radical (unpaired) electrons. The molecule has 0 aliphatic heterocycles. The lowest BCUT2D eigenvalue weighted by molar-refractivity contribution is -0.113. The third kappa shape index (κ3) is 7.45. The number of ether oxygens (including phenoxy) is 2. The average molecular weight is 188 g/mol. The number of nitrogens with two attached hydrogens (primary N) is 1. The van der Waals surface area contributed by atoms with Crippen LogP contribution in [0, 0.1) is 0 Å². The number of primary amides is 1. The van der Waals surface area contributed by atoms with Crippen LogP contribution in [0.2, 0.25) is 0 Å². The molecule has 0 fully saturated rings. The van der Waals surface area contributed by atoms with Crippen LogP contribution >= 0.6 is 0 Å². The van der Waals surface area contributed by atoms with E-state index in [4.69, 9.17) is 15.2 Å². The second kappa shape index (κ2) is 7.72. The van der Waals surface area contributed by atoms with Gasteiger partial charge in [0.15, 0.2) is 6.29 Å². The second-order valence-electron chi connectivity index (χ2n) is 2.36. The van der Waals surface area contributed by atoms with Crippen LogP contribution in [0.5, 0.6) is 0 Å². The lowest BCUT2D eigenvalue weighted by atomic mass is 10.4. The van der Waals surface area contributed by atoms with Gasteiger partial charge >= 0.3 is 0 Å². The van der Waals surface area contributed by atoms with Gasteiger partial charge in [-0.25, -0.2) is 0 Å². The summed E-state index contributed by atoms with van der Waals surface area (Å²) in [5, 5.41) is 3.00. The number of carbonyl (C=O) groups excluding carboxylic acids is 1.